The Balaban J connectivity index is 1.90. The minimum Gasteiger partial charge on any atom is -0.360 e. The summed E-state index contributed by atoms with van der Waals surface area (Å²) in [7, 11) is 0. The van der Waals surface area contributed by atoms with Crippen LogP contribution in [0.15, 0.2) is 0 Å². The SMILES string of the molecule is CC1(C)CCCN(C(=N)C2CCCCC2)CC1. The first-order valence-electron chi connectivity index (χ1n) is 7.42. The molecule has 2 aliphatic rings. The standard InChI is InChI=1S/C15H28N2/c1-15(2)9-6-11-17(12-10-15)14(16)13-7-4-3-5-8-13/h13,16H,3-12H2,1-2H3. The maximum atomic E-state index is 8.43. The summed E-state index contributed by atoms with van der Waals surface area (Å²) in [6.07, 6.45) is 10.4. The fraction of sp³-hybridized carbons (Fsp3) is 0.933. The third-order valence-corrected chi connectivity index (χ3v) is 4.67. The molecule has 1 aliphatic carbocycles. The number of likely N-dealkylation sites (tertiary alicyclic amines) is 1. The molecule has 0 atom stereocenters. The molecule has 98 valence electrons. The third-order valence-electron chi connectivity index (χ3n) is 4.67. The number of amidine groups is 1. The Hall–Kier alpha value is -0.530. The number of hydrogen-bond acceptors (Lipinski definition) is 1. The molecular weight excluding hydrogens is 208 g/mol. The van der Waals surface area contributed by atoms with Gasteiger partial charge in [-0.1, -0.05) is 33.1 Å². The van der Waals surface area contributed by atoms with Crippen molar-refractivity contribution >= 4 is 5.84 Å². The number of hydrogen-bond donors (Lipinski definition) is 1. The molecule has 0 aromatic rings. The molecule has 0 unspecified atom stereocenters. The molecule has 2 fully saturated rings. The highest BCUT2D eigenvalue weighted by Gasteiger charge is 2.27. The summed E-state index contributed by atoms with van der Waals surface area (Å²) >= 11 is 0. The van der Waals surface area contributed by atoms with Gasteiger partial charge >= 0.3 is 0 Å². The van der Waals surface area contributed by atoms with E-state index in [2.05, 4.69) is 18.7 Å². The van der Waals surface area contributed by atoms with Gasteiger partial charge in [0.05, 0.1) is 5.84 Å². The van der Waals surface area contributed by atoms with Crippen LogP contribution in [-0.4, -0.2) is 23.8 Å². The van der Waals surface area contributed by atoms with Gasteiger partial charge in [0, 0.05) is 19.0 Å². The highest BCUT2D eigenvalue weighted by Crippen LogP contribution is 2.32. The number of rotatable bonds is 1. The van der Waals surface area contributed by atoms with Crippen LogP contribution in [0.2, 0.25) is 0 Å². The van der Waals surface area contributed by atoms with Crippen molar-refractivity contribution in [2.24, 2.45) is 11.3 Å². The van der Waals surface area contributed by atoms with E-state index in [1.807, 2.05) is 0 Å². The molecule has 1 N–H and O–H groups in total. The van der Waals surface area contributed by atoms with Crippen molar-refractivity contribution in [1.29, 1.82) is 5.41 Å². The van der Waals surface area contributed by atoms with E-state index < -0.39 is 0 Å². The Morgan fingerprint density at radius 2 is 1.71 bits per heavy atom. The second-order valence-electron chi connectivity index (χ2n) is 6.72. The predicted molar refractivity (Wildman–Crippen MR) is 73.5 cm³/mol. The fourth-order valence-corrected chi connectivity index (χ4v) is 3.30. The molecule has 0 bridgehead atoms. The number of nitrogens with zero attached hydrogens (tertiary/aromatic N) is 1. The summed E-state index contributed by atoms with van der Waals surface area (Å²) in [4.78, 5) is 2.38. The van der Waals surface area contributed by atoms with Crippen molar-refractivity contribution in [3.63, 3.8) is 0 Å². The Kier molecular flexibility index (Phi) is 4.11. The molecule has 2 rings (SSSR count). The topological polar surface area (TPSA) is 27.1 Å². The molecule has 1 heterocycles. The van der Waals surface area contributed by atoms with E-state index in [0.717, 1.165) is 18.9 Å². The van der Waals surface area contributed by atoms with E-state index >= 15 is 0 Å². The second-order valence-corrected chi connectivity index (χ2v) is 6.72. The van der Waals surface area contributed by atoms with Crippen LogP contribution >= 0.6 is 0 Å². The summed E-state index contributed by atoms with van der Waals surface area (Å²) in [6, 6.07) is 0. The van der Waals surface area contributed by atoms with Crippen molar-refractivity contribution in [3.05, 3.63) is 0 Å². The first kappa shape index (κ1) is 12.9. The van der Waals surface area contributed by atoms with E-state index in [4.69, 9.17) is 5.41 Å². The maximum absolute atomic E-state index is 8.43. The fourth-order valence-electron chi connectivity index (χ4n) is 3.30. The molecule has 0 aromatic carbocycles. The lowest BCUT2D eigenvalue weighted by atomic mass is 9.85. The van der Waals surface area contributed by atoms with E-state index in [9.17, 15) is 0 Å². The molecule has 0 spiro atoms. The molecule has 0 aromatic heterocycles. The molecule has 1 aliphatic heterocycles. The van der Waals surface area contributed by atoms with Gasteiger partial charge < -0.3 is 4.90 Å². The molecular formula is C15H28N2. The number of nitrogens with one attached hydrogen (secondary N) is 1. The predicted octanol–water partition coefficient (Wildman–Crippen LogP) is 4.06. The van der Waals surface area contributed by atoms with Crippen molar-refractivity contribution in [1.82, 2.24) is 4.90 Å². The highest BCUT2D eigenvalue weighted by atomic mass is 15.2. The first-order chi connectivity index (χ1) is 8.08. The molecule has 2 nitrogen and oxygen atoms in total. The van der Waals surface area contributed by atoms with Crippen LogP contribution < -0.4 is 0 Å². The van der Waals surface area contributed by atoms with E-state index in [-0.39, 0.29) is 0 Å². The van der Waals surface area contributed by atoms with Gasteiger partial charge in [0.25, 0.3) is 0 Å². The molecule has 0 amide bonds. The van der Waals surface area contributed by atoms with E-state index in [1.165, 1.54) is 51.4 Å². The van der Waals surface area contributed by atoms with Crippen LogP contribution in [0, 0.1) is 16.7 Å². The van der Waals surface area contributed by atoms with E-state index in [0.29, 0.717) is 11.3 Å². The molecule has 17 heavy (non-hydrogen) atoms. The summed E-state index contributed by atoms with van der Waals surface area (Å²) in [6.45, 7) is 6.99. The zero-order valence-electron chi connectivity index (χ0n) is 11.6. The molecule has 2 heteroatoms. The molecule has 0 radical (unpaired) electrons. The monoisotopic (exact) mass is 236 g/mol. The van der Waals surface area contributed by atoms with Gasteiger partial charge in [-0.15, -0.1) is 0 Å². The largest absolute Gasteiger partial charge is 0.360 e. The van der Waals surface area contributed by atoms with E-state index in [1.54, 1.807) is 0 Å². The van der Waals surface area contributed by atoms with Crippen LogP contribution in [0.3, 0.4) is 0 Å². The van der Waals surface area contributed by atoms with Gasteiger partial charge in [-0.25, -0.2) is 0 Å². The molecule has 1 saturated carbocycles. The van der Waals surface area contributed by atoms with Crippen LogP contribution in [0.1, 0.15) is 65.2 Å². The van der Waals surface area contributed by atoms with Crippen molar-refractivity contribution < 1.29 is 0 Å². The second kappa shape index (κ2) is 5.41. The van der Waals surface area contributed by atoms with Gasteiger partial charge in [-0.05, 0) is 37.5 Å². The van der Waals surface area contributed by atoms with Crippen LogP contribution in [0.5, 0.6) is 0 Å². The van der Waals surface area contributed by atoms with Crippen molar-refractivity contribution in [2.45, 2.75) is 65.2 Å². The van der Waals surface area contributed by atoms with Gasteiger partial charge in [0.2, 0.25) is 0 Å². The highest BCUT2D eigenvalue weighted by molar-refractivity contribution is 5.81. The summed E-state index contributed by atoms with van der Waals surface area (Å²) in [5.41, 5.74) is 0.488. The summed E-state index contributed by atoms with van der Waals surface area (Å²) in [5.74, 6) is 1.53. The lowest BCUT2D eigenvalue weighted by Crippen LogP contribution is -2.37. The third kappa shape index (κ3) is 3.46. The average molecular weight is 236 g/mol. The average Bonchev–Trinajstić information content (AvgIpc) is 2.50. The lowest BCUT2D eigenvalue weighted by Gasteiger charge is -2.31. The van der Waals surface area contributed by atoms with Gasteiger partial charge in [-0.2, -0.15) is 0 Å². The van der Waals surface area contributed by atoms with Crippen molar-refractivity contribution in [3.8, 4) is 0 Å². The van der Waals surface area contributed by atoms with Gasteiger partial charge in [-0.3, -0.25) is 5.41 Å². The minimum atomic E-state index is 0.488. The zero-order chi connectivity index (χ0) is 12.3. The quantitative estimate of drug-likeness (QED) is 0.539. The Labute approximate surface area is 106 Å². The van der Waals surface area contributed by atoms with Crippen LogP contribution in [-0.2, 0) is 0 Å². The minimum absolute atomic E-state index is 0.488. The molecule has 1 saturated heterocycles. The zero-order valence-corrected chi connectivity index (χ0v) is 11.6. The van der Waals surface area contributed by atoms with Gasteiger partial charge in [0.15, 0.2) is 0 Å². The first-order valence-corrected chi connectivity index (χ1v) is 7.42. The smallest absolute Gasteiger partial charge is 0.0989 e. The van der Waals surface area contributed by atoms with Crippen molar-refractivity contribution in [2.75, 3.05) is 13.1 Å². The lowest BCUT2D eigenvalue weighted by molar-refractivity contribution is 0.306. The van der Waals surface area contributed by atoms with Crippen LogP contribution in [0.4, 0.5) is 0 Å². The Bertz CT molecular complexity index is 264. The normalized spacial score (nSPS) is 26.6. The van der Waals surface area contributed by atoms with Gasteiger partial charge in [0.1, 0.15) is 0 Å². The Morgan fingerprint density at radius 1 is 1.00 bits per heavy atom. The summed E-state index contributed by atoms with van der Waals surface area (Å²) < 4.78 is 0. The summed E-state index contributed by atoms with van der Waals surface area (Å²) in [5, 5.41) is 8.43. The Morgan fingerprint density at radius 3 is 2.41 bits per heavy atom. The van der Waals surface area contributed by atoms with Crippen LogP contribution in [0.25, 0.3) is 0 Å². The maximum Gasteiger partial charge on any atom is 0.0989 e.